The van der Waals surface area contributed by atoms with E-state index in [1.807, 2.05) is 66.7 Å². The average Bonchev–Trinajstić information content (AvgIpc) is 3.35. The van der Waals surface area contributed by atoms with Gasteiger partial charge < -0.3 is 10.2 Å². The number of hydrogen-bond donors (Lipinski definition) is 1. The minimum absolute atomic E-state index is 0.203. The minimum Gasteiger partial charge on any atom is -0.334 e. The zero-order chi connectivity index (χ0) is 26.1. The number of amides is 4. The number of likely N-dealkylation sites (tertiary alicyclic amines) is 1. The molecule has 2 fully saturated rings. The van der Waals surface area contributed by atoms with Crippen LogP contribution in [0.1, 0.15) is 37.4 Å². The van der Waals surface area contributed by atoms with Crippen molar-refractivity contribution in [1.82, 2.24) is 10.2 Å². The predicted octanol–water partition coefficient (Wildman–Crippen LogP) is 5.83. The Morgan fingerprint density at radius 2 is 1.46 bits per heavy atom. The average molecular weight is 516 g/mol. The number of carbonyl (C=O) groups is 3. The SMILES string of the molecule is CC(C)CC1C2C(=O)N(c3ccccc3)C(=O)C2C(c2ccccc2Cl)N1C(=O)NCc1ccccc1. The van der Waals surface area contributed by atoms with Crippen molar-refractivity contribution in [3.8, 4) is 0 Å². The van der Waals surface area contributed by atoms with Gasteiger partial charge in [-0.2, -0.15) is 0 Å². The van der Waals surface area contributed by atoms with Crippen LogP contribution in [0.5, 0.6) is 0 Å². The Bertz CT molecular complexity index is 1300. The topological polar surface area (TPSA) is 69.7 Å². The summed E-state index contributed by atoms with van der Waals surface area (Å²) in [6.07, 6.45) is 0.586. The van der Waals surface area contributed by atoms with Gasteiger partial charge in [0.1, 0.15) is 0 Å². The Balaban J connectivity index is 1.58. The lowest BCUT2D eigenvalue weighted by Gasteiger charge is -2.35. The fourth-order valence-electron chi connectivity index (χ4n) is 5.78. The first-order chi connectivity index (χ1) is 17.9. The monoisotopic (exact) mass is 515 g/mol. The summed E-state index contributed by atoms with van der Waals surface area (Å²) in [5.41, 5.74) is 2.19. The van der Waals surface area contributed by atoms with Gasteiger partial charge in [-0.25, -0.2) is 9.69 Å². The van der Waals surface area contributed by atoms with E-state index in [0.717, 1.165) is 5.56 Å². The van der Waals surface area contributed by atoms with E-state index >= 15 is 0 Å². The van der Waals surface area contributed by atoms with Crippen LogP contribution in [-0.4, -0.2) is 28.8 Å². The van der Waals surface area contributed by atoms with Gasteiger partial charge in [0.2, 0.25) is 11.8 Å². The molecule has 4 amide bonds. The number of rotatable bonds is 6. The standard InChI is InChI=1S/C30H30ClN3O3/c1-19(2)17-24-25-26(29(36)33(28(25)35)21-13-7-4-8-14-21)27(22-15-9-10-16-23(22)31)34(24)30(37)32-18-20-11-5-3-6-12-20/h3-16,19,24-27H,17-18H2,1-2H3,(H,32,37). The van der Waals surface area contributed by atoms with Crippen LogP contribution in [0.25, 0.3) is 0 Å². The second kappa shape index (κ2) is 10.4. The molecule has 0 aromatic heterocycles. The summed E-state index contributed by atoms with van der Waals surface area (Å²) in [5.74, 6) is -1.73. The fraction of sp³-hybridized carbons (Fsp3) is 0.300. The number of nitrogens with one attached hydrogen (secondary N) is 1. The maximum Gasteiger partial charge on any atom is 0.318 e. The Labute approximate surface area is 222 Å². The Morgan fingerprint density at radius 1 is 0.865 bits per heavy atom. The minimum atomic E-state index is -0.723. The molecule has 2 aliphatic heterocycles. The lowest BCUT2D eigenvalue weighted by molar-refractivity contribution is -0.123. The van der Waals surface area contributed by atoms with E-state index in [1.165, 1.54) is 4.90 Å². The molecule has 7 heteroatoms. The number of anilines is 1. The van der Waals surface area contributed by atoms with Crippen LogP contribution in [0.2, 0.25) is 5.02 Å². The molecule has 6 nitrogen and oxygen atoms in total. The van der Waals surface area contributed by atoms with Gasteiger partial charge in [0.25, 0.3) is 0 Å². The number of benzene rings is 3. The van der Waals surface area contributed by atoms with Crippen LogP contribution >= 0.6 is 11.6 Å². The predicted molar refractivity (Wildman–Crippen MR) is 144 cm³/mol. The highest BCUT2D eigenvalue weighted by atomic mass is 35.5. The summed E-state index contributed by atoms with van der Waals surface area (Å²) in [4.78, 5) is 44.7. The quantitative estimate of drug-likeness (QED) is 0.420. The lowest BCUT2D eigenvalue weighted by atomic mass is 9.84. The largest absolute Gasteiger partial charge is 0.334 e. The smallest absolute Gasteiger partial charge is 0.318 e. The molecule has 5 rings (SSSR count). The number of urea groups is 1. The van der Waals surface area contributed by atoms with Crippen molar-refractivity contribution in [2.45, 2.75) is 38.9 Å². The molecule has 0 radical (unpaired) electrons. The first-order valence-corrected chi connectivity index (χ1v) is 13.0. The first-order valence-electron chi connectivity index (χ1n) is 12.7. The number of fused-ring (bicyclic) bond motifs is 1. The maximum atomic E-state index is 14.0. The normalized spacial score (nSPS) is 23.0. The second-order valence-corrected chi connectivity index (χ2v) is 10.5. The number of carbonyl (C=O) groups excluding carboxylic acids is 3. The van der Waals surface area contributed by atoms with Crippen molar-refractivity contribution >= 4 is 35.1 Å². The number of halogens is 1. The number of imide groups is 1. The molecular weight excluding hydrogens is 486 g/mol. The fourth-order valence-corrected chi connectivity index (χ4v) is 6.02. The third kappa shape index (κ3) is 4.62. The molecule has 4 atom stereocenters. The first kappa shape index (κ1) is 25.0. The van der Waals surface area contributed by atoms with E-state index in [9.17, 15) is 14.4 Å². The molecule has 190 valence electrons. The molecule has 0 spiro atoms. The highest BCUT2D eigenvalue weighted by Crippen LogP contribution is 2.53. The van der Waals surface area contributed by atoms with E-state index in [-0.39, 0.29) is 23.8 Å². The third-order valence-electron chi connectivity index (χ3n) is 7.28. The van der Waals surface area contributed by atoms with E-state index in [4.69, 9.17) is 11.6 Å². The number of hydrogen-bond acceptors (Lipinski definition) is 3. The van der Waals surface area contributed by atoms with Crippen molar-refractivity contribution in [3.05, 3.63) is 101 Å². The van der Waals surface area contributed by atoms with Gasteiger partial charge in [0, 0.05) is 17.6 Å². The zero-order valence-corrected chi connectivity index (χ0v) is 21.6. The zero-order valence-electron chi connectivity index (χ0n) is 20.9. The number of nitrogens with zero attached hydrogens (tertiary/aromatic N) is 2. The van der Waals surface area contributed by atoms with E-state index in [2.05, 4.69) is 19.2 Å². The molecule has 2 heterocycles. The van der Waals surface area contributed by atoms with Gasteiger partial charge in [-0.15, -0.1) is 0 Å². The van der Waals surface area contributed by atoms with Crippen molar-refractivity contribution in [2.75, 3.05) is 4.90 Å². The highest BCUT2D eigenvalue weighted by Gasteiger charge is 2.63. The van der Waals surface area contributed by atoms with Crippen LogP contribution in [0, 0.1) is 17.8 Å². The molecule has 0 bridgehead atoms. The molecule has 2 saturated heterocycles. The van der Waals surface area contributed by atoms with Gasteiger partial charge in [0.15, 0.2) is 0 Å². The van der Waals surface area contributed by atoms with Crippen LogP contribution in [-0.2, 0) is 16.1 Å². The Hall–Kier alpha value is -3.64. The second-order valence-electron chi connectivity index (χ2n) is 10.1. The van der Waals surface area contributed by atoms with Crippen LogP contribution in [0.3, 0.4) is 0 Å². The van der Waals surface area contributed by atoms with Crippen molar-refractivity contribution in [3.63, 3.8) is 0 Å². The van der Waals surface area contributed by atoms with Crippen molar-refractivity contribution in [2.24, 2.45) is 17.8 Å². The maximum absolute atomic E-state index is 14.0. The van der Waals surface area contributed by atoms with E-state index in [0.29, 0.717) is 29.2 Å². The van der Waals surface area contributed by atoms with Gasteiger partial charge in [-0.1, -0.05) is 92.2 Å². The van der Waals surface area contributed by atoms with E-state index in [1.54, 1.807) is 23.1 Å². The third-order valence-corrected chi connectivity index (χ3v) is 7.63. The molecule has 0 aliphatic carbocycles. The molecule has 2 aliphatic rings. The van der Waals surface area contributed by atoms with Crippen molar-refractivity contribution in [1.29, 1.82) is 0 Å². The van der Waals surface area contributed by atoms with Gasteiger partial charge in [0.05, 0.1) is 23.6 Å². The van der Waals surface area contributed by atoms with Gasteiger partial charge >= 0.3 is 6.03 Å². The summed E-state index contributed by atoms with van der Waals surface area (Å²) in [6, 6.07) is 24.5. The summed E-state index contributed by atoms with van der Waals surface area (Å²) < 4.78 is 0. The highest BCUT2D eigenvalue weighted by molar-refractivity contribution is 6.31. The Morgan fingerprint density at radius 3 is 2.11 bits per heavy atom. The molecular formula is C30H30ClN3O3. The summed E-state index contributed by atoms with van der Waals surface area (Å²) >= 11 is 6.66. The summed E-state index contributed by atoms with van der Waals surface area (Å²) in [6.45, 7) is 4.47. The van der Waals surface area contributed by atoms with Gasteiger partial charge in [-0.05, 0) is 41.7 Å². The number of para-hydroxylation sites is 1. The van der Waals surface area contributed by atoms with E-state index < -0.39 is 23.9 Å². The summed E-state index contributed by atoms with van der Waals surface area (Å²) in [5, 5.41) is 3.50. The van der Waals surface area contributed by atoms with Crippen LogP contribution in [0.15, 0.2) is 84.9 Å². The summed E-state index contributed by atoms with van der Waals surface area (Å²) in [7, 11) is 0. The van der Waals surface area contributed by atoms with Crippen LogP contribution in [0.4, 0.5) is 10.5 Å². The lowest BCUT2D eigenvalue weighted by Crippen LogP contribution is -2.48. The van der Waals surface area contributed by atoms with Gasteiger partial charge in [-0.3, -0.25) is 9.59 Å². The molecule has 37 heavy (non-hydrogen) atoms. The molecule has 3 aromatic carbocycles. The Kier molecular flexibility index (Phi) is 7.02. The van der Waals surface area contributed by atoms with Crippen molar-refractivity contribution < 1.29 is 14.4 Å². The molecule has 1 N–H and O–H groups in total. The molecule has 0 saturated carbocycles. The van der Waals surface area contributed by atoms with Crippen LogP contribution < -0.4 is 10.2 Å². The molecule has 3 aromatic rings. The molecule has 4 unspecified atom stereocenters.